The molecule has 0 aliphatic rings. The zero-order valence-electron chi connectivity index (χ0n) is 22.5. The molecule has 0 saturated heterocycles. The van der Waals surface area contributed by atoms with E-state index < -0.39 is 10.0 Å². The number of nitrogens with zero attached hydrogens (tertiary/aromatic N) is 3. The number of hydrogen-bond donors (Lipinski definition) is 2. The quantitative estimate of drug-likeness (QED) is 0.227. The Morgan fingerprint density at radius 3 is 2.62 bits per heavy atom. The molecule has 10 nitrogen and oxygen atoms in total. The summed E-state index contributed by atoms with van der Waals surface area (Å²) in [6, 6.07) is 10.6. The summed E-state index contributed by atoms with van der Waals surface area (Å²) in [5, 5.41) is 6.98. The Morgan fingerprint density at radius 2 is 1.92 bits per heavy atom. The van der Waals surface area contributed by atoms with Crippen LogP contribution in [0.15, 0.2) is 59.6 Å². The Hall–Kier alpha value is -4.12. The van der Waals surface area contributed by atoms with Crippen molar-refractivity contribution in [2.24, 2.45) is 0 Å². The van der Waals surface area contributed by atoms with Crippen molar-refractivity contribution in [3.8, 4) is 22.6 Å². The Bertz CT molecular complexity index is 1530. The molecule has 206 valence electrons. The average Bonchev–Trinajstić information content (AvgIpc) is 3.52. The number of aryl methyl sites for hydroxylation is 4. The lowest BCUT2D eigenvalue weighted by Crippen LogP contribution is -2.16. The van der Waals surface area contributed by atoms with Crippen molar-refractivity contribution in [1.29, 1.82) is 0 Å². The van der Waals surface area contributed by atoms with Crippen LogP contribution in [-0.2, 0) is 21.4 Å². The van der Waals surface area contributed by atoms with Gasteiger partial charge in [-0.15, -0.1) is 0 Å². The number of ether oxygens (including phenoxy) is 1. The minimum atomic E-state index is -3.54. The number of carbonyl (C=O) groups is 1. The van der Waals surface area contributed by atoms with E-state index in [1.165, 1.54) is 0 Å². The molecule has 2 heterocycles. The van der Waals surface area contributed by atoms with Crippen molar-refractivity contribution in [3.05, 3.63) is 72.1 Å². The Morgan fingerprint density at radius 1 is 1.10 bits per heavy atom. The Kier molecular flexibility index (Phi) is 8.70. The first-order valence-electron chi connectivity index (χ1n) is 12.8. The second-order valence-electron chi connectivity index (χ2n) is 9.40. The molecular weight excluding hydrogens is 518 g/mol. The fourth-order valence-corrected chi connectivity index (χ4v) is 5.37. The number of nitrogens with one attached hydrogen (secondary N) is 2. The van der Waals surface area contributed by atoms with Crippen LogP contribution >= 0.6 is 0 Å². The smallest absolute Gasteiger partial charge is 0.232 e. The van der Waals surface area contributed by atoms with Crippen LogP contribution in [0.5, 0.6) is 11.5 Å². The SMILES string of the molecule is CCCCS(=O)(=O)Nc1cc(Oc2ccc(C)c(NC(=O)CCn3ccnc3)c2)cc(-c2c(C)noc2C)c1. The van der Waals surface area contributed by atoms with Gasteiger partial charge in [0.15, 0.2) is 0 Å². The summed E-state index contributed by atoms with van der Waals surface area (Å²) in [6.45, 7) is 7.99. The monoisotopic (exact) mass is 551 g/mol. The minimum Gasteiger partial charge on any atom is -0.457 e. The lowest BCUT2D eigenvalue weighted by atomic mass is 10.0. The van der Waals surface area contributed by atoms with E-state index in [-0.39, 0.29) is 11.7 Å². The molecule has 2 aromatic carbocycles. The number of unbranched alkanes of at least 4 members (excludes halogenated alkanes) is 1. The number of anilines is 2. The molecule has 0 spiro atoms. The molecule has 0 aliphatic carbocycles. The maximum Gasteiger partial charge on any atom is 0.232 e. The lowest BCUT2D eigenvalue weighted by molar-refractivity contribution is -0.116. The summed E-state index contributed by atoms with van der Waals surface area (Å²) in [5.41, 5.74) is 4.04. The van der Waals surface area contributed by atoms with Crippen molar-refractivity contribution in [2.45, 2.75) is 53.5 Å². The van der Waals surface area contributed by atoms with Crippen LogP contribution in [0.2, 0.25) is 0 Å². The van der Waals surface area contributed by atoms with E-state index >= 15 is 0 Å². The van der Waals surface area contributed by atoms with Gasteiger partial charge in [-0.25, -0.2) is 13.4 Å². The van der Waals surface area contributed by atoms with E-state index in [1.54, 1.807) is 49.8 Å². The topological polar surface area (TPSA) is 128 Å². The van der Waals surface area contributed by atoms with Crippen molar-refractivity contribution in [1.82, 2.24) is 14.7 Å². The summed E-state index contributed by atoms with van der Waals surface area (Å²) in [6.07, 6.45) is 6.77. The lowest BCUT2D eigenvalue weighted by Gasteiger charge is -2.15. The molecule has 0 unspecified atom stereocenters. The molecule has 4 aromatic rings. The van der Waals surface area contributed by atoms with Crippen LogP contribution in [-0.4, -0.2) is 34.8 Å². The van der Waals surface area contributed by atoms with E-state index in [4.69, 9.17) is 9.26 Å². The number of imidazole rings is 1. The summed E-state index contributed by atoms with van der Waals surface area (Å²) in [4.78, 5) is 16.5. The molecule has 0 fully saturated rings. The third kappa shape index (κ3) is 7.47. The van der Waals surface area contributed by atoms with Crippen molar-refractivity contribution in [2.75, 3.05) is 15.8 Å². The van der Waals surface area contributed by atoms with Gasteiger partial charge in [0, 0.05) is 48.7 Å². The largest absolute Gasteiger partial charge is 0.457 e. The van der Waals surface area contributed by atoms with Crippen LogP contribution in [0.1, 0.15) is 43.2 Å². The zero-order chi connectivity index (χ0) is 28.0. The highest BCUT2D eigenvalue weighted by Crippen LogP contribution is 2.35. The minimum absolute atomic E-state index is 0.0249. The summed E-state index contributed by atoms with van der Waals surface area (Å²) >= 11 is 0. The fourth-order valence-electron chi connectivity index (χ4n) is 4.12. The second-order valence-corrected chi connectivity index (χ2v) is 11.2. The van der Waals surface area contributed by atoms with Gasteiger partial charge >= 0.3 is 0 Å². The molecule has 2 N–H and O–H groups in total. The second kappa shape index (κ2) is 12.2. The molecule has 0 atom stereocenters. The first-order valence-corrected chi connectivity index (χ1v) is 14.4. The predicted molar refractivity (Wildman–Crippen MR) is 150 cm³/mol. The van der Waals surface area contributed by atoms with Gasteiger partial charge in [-0.2, -0.15) is 0 Å². The van der Waals surface area contributed by atoms with Gasteiger partial charge in [-0.1, -0.05) is 24.6 Å². The van der Waals surface area contributed by atoms with Crippen LogP contribution in [0.25, 0.3) is 11.1 Å². The maximum atomic E-state index is 12.6. The molecule has 2 aromatic heterocycles. The molecule has 4 rings (SSSR count). The van der Waals surface area contributed by atoms with E-state index in [1.807, 2.05) is 37.6 Å². The highest BCUT2D eigenvalue weighted by molar-refractivity contribution is 7.92. The van der Waals surface area contributed by atoms with Crippen LogP contribution in [0.4, 0.5) is 11.4 Å². The van der Waals surface area contributed by atoms with E-state index in [0.29, 0.717) is 59.3 Å². The molecule has 0 bridgehead atoms. The normalized spacial score (nSPS) is 11.4. The average molecular weight is 552 g/mol. The van der Waals surface area contributed by atoms with Gasteiger partial charge in [0.1, 0.15) is 17.3 Å². The number of aromatic nitrogens is 3. The Balaban J connectivity index is 1.59. The van der Waals surface area contributed by atoms with Gasteiger partial charge in [0.25, 0.3) is 0 Å². The number of hydrogen-bond acceptors (Lipinski definition) is 7. The van der Waals surface area contributed by atoms with Gasteiger partial charge in [0.2, 0.25) is 15.9 Å². The zero-order valence-corrected chi connectivity index (χ0v) is 23.3. The van der Waals surface area contributed by atoms with Crippen molar-refractivity contribution in [3.63, 3.8) is 0 Å². The van der Waals surface area contributed by atoms with Crippen LogP contribution in [0, 0.1) is 20.8 Å². The Labute approximate surface area is 228 Å². The number of sulfonamides is 1. The van der Waals surface area contributed by atoms with Crippen LogP contribution in [0.3, 0.4) is 0 Å². The summed E-state index contributed by atoms with van der Waals surface area (Å²) in [7, 11) is -3.54. The van der Waals surface area contributed by atoms with Gasteiger partial charge in [-0.3, -0.25) is 9.52 Å². The number of benzene rings is 2. The molecular formula is C28H33N5O5S. The molecule has 0 radical (unpaired) electrons. The predicted octanol–water partition coefficient (Wildman–Crippen LogP) is 5.83. The molecule has 0 saturated carbocycles. The summed E-state index contributed by atoms with van der Waals surface area (Å²) < 4.78 is 41.3. The van der Waals surface area contributed by atoms with Crippen molar-refractivity contribution < 1.29 is 22.5 Å². The molecule has 1 amide bonds. The van der Waals surface area contributed by atoms with E-state index in [9.17, 15) is 13.2 Å². The standard InChI is InChI=1S/C28H33N5O5S/c1-5-6-13-39(35,36)32-23-14-22(28-20(3)31-38-21(28)4)15-25(16-23)37-24-8-7-19(2)26(17-24)30-27(34)9-11-33-12-10-29-18-33/h7-8,10,12,14-18,32H,5-6,9,11,13H2,1-4H3,(H,30,34). The van der Waals surface area contributed by atoms with Gasteiger partial charge < -0.3 is 19.1 Å². The first kappa shape index (κ1) is 27.9. The fraction of sp³-hybridized carbons (Fsp3) is 0.321. The van der Waals surface area contributed by atoms with E-state index in [2.05, 4.69) is 20.2 Å². The molecule has 0 aliphatic heterocycles. The van der Waals surface area contributed by atoms with Crippen LogP contribution < -0.4 is 14.8 Å². The van der Waals surface area contributed by atoms with E-state index in [0.717, 1.165) is 17.5 Å². The highest BCUT2D eigenvalue weighted by atomic mass is 32.2. The number of amides is 1. The highest BCUT2D eigenvalue weighted by Gasteiger charge is 2.17. The van der Waals surface area contributed by atoms with Gasteiger partial charge in [-0.05, 0) is 56.5 Å². The van der Waals surface area contributed by atoms with Crippen molar-refractivity contribution >= 4 is 27.3 Å². The molecule has 11 heteroatoms. The summed E-state index contributed by atoms with van der Waals surface area (Å²) in [5.74, 6) is 1.41. The number of rotatable bonds is 12. The maximum absolute atomic E-state index is 12.6. The third-order valence-electron chi connectivity index (χ3n) is 6.14. The van der Waals surface area contributed by atoms with Gasteiger partial charge in [0.05, 0.1) is 23.5 Å². The number of carbonyl (C=O) groups excluding carboxylic acids is 1. The molecule has 39 heavy (non-hydrogen) atoms. The first-order chi connectivity index (χ1) is 18.6. The third-order valence-corrected chi connectivity index (χ3v) is 7.52.